The number of aromatic nitrogens is 2. The van der Waals surface area contributed by atoms with Gasteiger partial charge in [-0.3, -0.25) is 0 Å². The normalized spacial score (nSPS) is 10.4. The molecule has 0 saturated carbocycles. The molecule has 3 aromatic rings. The third-order valence-electron chi connectivity index (χ3n) is 2.94. The quantitative estimate of drug-likeness (QED) is 0.625. The minimum absolute atomic E-state index is 0.675. The van der Waals surface area contributed by atoms with Crippen LogP contribution in [0.4, 0.5) is 0 Å². The van der Waals surface area contributed by atoms with Crippen molar-refractivity contribution in [3.8, 4) is 16.9 Å². The van der Waals surface area contributed by atoms with E-state index in [1.165, 1.54) is 0 Å². The number of hydrogen-bond donors (Lipinski definition) is 0. The lowest BCUT2D eigenvalue weighted by atomic mass is 10.1. The summed E-state index contributed by atoms with van der Waals surface area (Å²) in [7, 11) is 0. The first kappa shape index (κ1) is 13.0. The molecular formula is C16H11ClN2S. The standard InChI is InChI=1S/C16H11ClN2S/c17-13-8-6-12(7-9-13)15-10-11-16(20)19(18-15)14-4-2-1-3-5-14/h1-11H. The summed E-state index contributed by atoms with van der Waals surface area (Å²) in [5.41, 5.74) is 2.82. The number of hydrogen-bond acceptors (Lipinski definition) is 2. The van der Waals surface area contributed by atoms with Gasteiger partial charge in [-0.2, -0.15) is 5.10 Å². The number of para-hydroxylation sites is 1. The largest absolute Gasteiger partial charge is 0.222 e. The SMILES string of the molecule is S=c1ccc(-c2ccc(Cl)cc2)nn1-c1ccccc1. The molecule has 0 radical (unpaired) electrons. The Balaban J connectivity index is 2.12. The second-order valence-corrected chi connectivity index (χ2v) is 5.17. The lowest BCUT2D eigenvalue weighted by Crippen LogP contribution is -2.03. The van der Waals surface area contributed by atoms with E-state index in [1.807, 2.05) is 66.7 Å². The molecule has 2 aromatic carbocycles. The van der Waals surface area contributed by atoms with Gasteiger partial charge in [0.05, 0.1) is 11.4 Å². The average Bonchev–Trinajstić information content (AvgIpc) is 2.50. The van der Waals surface area contributed by atoms with Gasteiger partial charge in [-0.05, 0) is 36.4 Å². The van der Waals surface area contributed by atoms with Crippen LogP contribution < -0.4 is 0 Å². The molecule has 3 rings (SSSR count). The van der Waals surface area contributed by atoms with Gasteiger partial charge in [0.15, 0.2) is 0 Å². The predicted octanol–water partition coefficient (Wildman–Crippen LogP) is 4.92. The van der Waals surface area contributed by atoms with Crippen molar-refractivity contribution in [2.24, 2.45) is 0 Å². The molecule has 0 atom stereocenters. The maximum absolute atomic E-state index is 5.91. The Labute approximate surface area is 127 Å². The van der Waals surface area contributed by atoms with Gasteiger partial charge < -0.3 is 0 Å². The highest BCUT2D eigenvalue weighted by Crippen LogP contribution is 2.20. The van der Waals surface area contributed by atoms with E-state index in [0.29, 0.717) is 9.66 Å². The van der Waals surface area contributed by atoms with Crippen LogP contribution in [0.5, 0.6) is 0 Å². The molecule has 0 unspecified atom stereocenters. The summed E-state index contributed by atoms with van der Waals surface area (Å²) in [6, 6.07) is 21.3. The summed E-state index contributed by atoms with van der Waals surface area (Å²) in [5.74, 6) is 0. The minimum atomic E-state index is 0.675. The fourth-order valence-electron chi connectivity index (χ4n) is 1.94. The van der Waals surface area contributed by atoms with Crippen molar-refractivity contribution in [1.29, 1.82) is 0 Å². The minimum Gasteiger partial charge on any atom is -0.222 e. The second kappa shape index (κ2) is 5.57. The maximum atomic E-state index is 5.91. The lowest BCUT2D eigenvalue weighted by molar-refractivity contribution is 0.835. The molecule has 98 valence electrons. The molecule has 0 fully saturated rings. The molecule has 4 heteroatoms. The van der Waals surface area contributed by atoms with E-state index in [4.69, 9.17) is 23.8 Å². The first-order chi connectivity index (χ1) is 9.74. The van der Waals surface area contributed by atoms with Crippen LogP contribution in [-0.4, -0.2) is 9.78 Å². The summed E-state index contributed by atoms with van der Waals surface area (Å²) in [6.45, 7) is 0. The monoisotopic (exact) mass is 298 g/mol. The zero-order chi connectivity index (χ0) is 13.9. The van der Waals surface area contributed by atoms with Crippen LogP contribution in [0.3, 0.4) is 0 Å². The molecule has 0 N–H and O–H groups in total. The van der Waals surface area contributed by atoms with Crippen molar-refractivity contribution in [3.63, 3.8) is 0 Å². The van der Waals surface area contributed by atoms with Crippen molar-refractivity contribution < 1.29 is 0 Å². The van der Waals surface area contributed by atoms with Crippen LogP contribution in [0.2, 0.25) is 5.02 Å². The second-order valence-electron chi connectivity index (χ2n) is 4.31. The molecule has 0 saturated heterocycles. The van der Waals surface area contributed by atoms with E-state index in [0.717, 1.165) is 16.9 Å². The van der Waals surface area contributed by atoms with Gasteiger partial charge in [0, 0.05) is 10.6 Å². The van der Waals surface area contributed by atoms with E-state index in [9.17, 15) is 0 Å². The van der Waals surface area contributed by atoms with Gasteiger partial charge >= 0.3 is 0 Å². The molecule has 0 aliphatic heterocycles. The van der Waals surface area contributed by atoms with E-state index in [-0.39, 0.29) is 0 Å². The molecular weight excluding hydrogens is 288 g/mol. The Kier molecular flexibility index (Phi) is 3.63. The number of rotatable bonds is 2. The summed E-state index contributed by atoms with van der Waals surface area (Å²) in [4.78, 5) is 0. The highest BCUT2D eigenvalue weighted by atomic mass is 35.5. The molecule has 0 aliphatic carbocycles. The zero-order valence-corrected chi connectivity index (χ0v) is 12.1. The molecule has 0 amide bonds. The first-order valence-electron chi connectivity index (χ1n) is 6.16. The Morgan fingerprint density at radius 1 is 0.850 bits per heavy atom. The first-order valence-corrected chi connectivity index (χ1v) is 6.94. The third-order valence-corrected chi connectivity index (χ3v) is 3.50. The highest BCUT2D eigenvalue weighted by Gasteiger charge is 2.03. The molecule has 2 nitrogen and oxygen atoms in total. The molecule has 1 heterocycles. The van der Waals surface area contributed by atoms with Crippen molar-refractivity contribution in [2.45, 2.75) is 0 Å². The van der Waals surface area contributed by atoms with Crippen LogP contribution in [0.15, 0.2) is 66.7 Å². The van der Waals surface area contributed by atoms with Crippen LogP contribution in [0.25, 0.3) is 16.9 Å². The summed E-state index contributed by atoms with van der Waals surface area (Å²) in [5, 5.41) is 5.32. The Hall–Kier alpha value is -1.97. The molecule has 0 aliphatic rings. The highest BCUT2D eigenvalue weighted by molar-refractivity contribution is 7.71. The fourth-order valence-corrected chi connectivity index (χ4v) is 2.28. The molecule has 1 aromatic heterocycles. The maximum Gasteiger partial charge on any atom is 0.128 e. The van der Waals surface area contributed by atoms with Gasteiger partial charge in [0.2, 0.25) is 0 Å². The number of nitrogens with zero attached hydrogens (tertiary/aromatic N) is 2. The Bertz CT molecular complexity index is 780. The van der Waals surface area contributed by atoms with Crippen LogP contribution in [-0.2, 0) is 0 Å². The van der Waals surface area contributed by atoms with Crippen molar-refractivity contribution >= 4 is 23.8 Å². The lowest BCUT2D eigenvalue weighted by Gasteiger charge is -2.08. The summed E-state index contributed by atoms with van der Waals surface area (Å²) >= 11 is 11.3. The van der Waals surface area contributed by atoms with E-state index >= 15 is 0 Å². The molecule has 0 bridgehead atoms. The number of benzene rings is 2. The van der Waals surface area contributed by atoms with Crippen LogP contribution in [0, 0.1) is 4.64 Å². The zero-order valence-electron chi connectivity index (χ0n) is 10.5. The summed E-state index contributed by atoms with van der Waals surface area (Å²) < 4.78 is 2.44. The third kappa shape index (κ3) is 2.64. The smallest absolute Gasteiger partial charge is 0.128 e. The van der Waals surface area contributed by atoms with Crippen LogP contribution in [0.1, 0.15) is 0 Å². The fraction of sp³-hybridized carbons (Fsp3) is 0. The molecule has 20 heavy (non-hydrogen) atoms. The van der Waals surface area contributed by atoms with E-state index in [2.05, 4.69) is 5.10 Å². The van der Waals surface area contributed by atoms with E-state index in [1.54, 1.807) is 4.68 Å². The van der Waals surface area contributed by atoms with Gasteiger partial charge in [-0.15, -0.1) is 0 Å². The topological polar surface area (TPSA) is 17.8 Å². The van der Waals surface area contributed by atoms with Gasteiger partial charge in [-0.1, -0.05) is 54.2 Å². The predicted molar refractivity (Wildman–Crippen MR) is 84.8 cm³/mol. The van der Waals surface area contributed by atoms with Crippen LogP contribution >= 0.6 is 23.8 Å². The Morgan fingerprint density at radius 3 is 2.25 bits per heavy atom. The van der Waals surface area contributed by atoms with Gasteiger partial charge in [0.1, 0.15) is 4.64 Å². The van der Waals surface area contributed by atoms with Gasteiger partial charge in [0.25, 0.3) is 0 Å². The average molecular weight is 299 g/mol. The number of halogens is 1. The van der Waals surface area contributed by atoms with Crippen molar-refractivity contribution in [2.75, 3.05) is 0 Å². The molecule has 0 spiro atoms. The Morgan fingerprint density at radius 2 is 1.55 bits per heavy atom. The van der Waals surface area contributed by atoms with E-state index < -0.39 is 0 Å². The van der Waals surface area contributed by atoms with Crippen molar-refractivity contribution in [3.05, 3.63) is 76.4 Å². The summed E-state index contributed by atoms with van der Waals surface area (Å²) in [6.07, 6.45) is 0. The van der Waals surface area contributed by atoms with Gasteiger partial charge in [-0.25, -0.2) is 4.68 Å². The van der Waals surface area contributed by atoms with Crippen molar-refractivity contribution in [1.82, 2.24) is 9.78 Å².